The average molecular weight is 424 g/mol. The monoisotopic (exact) mass is 424 g/mol. The van der Waals surface area contributed by atoms with E-state index in [1.54, 1.807) is 43.5 Å². The first-order chi connectivity index (χ1) is 14.4. The van der Waals surface area contributed by atoms with E-state index in [2.05, 4.69) is 20.6 Å². The zero-order chi connectivity index (χ0) is 21.5. The lowest BCUT2D eigenvalue weighted by Gasteiger charge is -2.07. The second-order valence-electron chi connectivity index (χ2n) is 6.26. The van der Waals surface area contributed by atoms with Gasteiger partial charge in [-0.3, -0.25) is 14.4 Å². The number of aromatic amines is 1. The number of thioether (sulfide) groups is 1. The van der Waals surface area contributed by atoms with Crippen molar-refractivity contribution in [2.75, 3.05) is 23.5 Å². The molecule has 3 N–H and O–H groups in total. The molecule has 0 saturated carbocycles. The van der Waals surface area contributed by atoms with Crippen LogP contribution < -0.4 is 20.9 Å². The molecule has 2 amide bonds. The molecule has 3 rings (SSSR count). The van der Waals surface area contributed by atoms with Crippen molar-refractivity contribution in [1.82, 2.24) is 9.97 Å². The van der Waals surface area contributed by atoms with E-state index in [0.29, 0.717) is 28.0 Å². The normalized spacial score (nSPS) is 10.3. The summed E-state index contributed by atoms with van der Waals surface area (Å²) in [5, 5.41) is 5.77. The number of H-pyrrole nitrogens is 1. The molecule has 0 unspecified atom stereocenters. The Morgan fingerprint density at radius 3 is 2.27 bits per heavy atom. The Morgan fingerprint density at radius 1 is 1.03 bits per heavy atom. The fraction of sp³-hybridized carbons (Fsp3) is 0.143. The third-order valence-corrected chi connectivity index (χ3v) is 4.81. The Kier molecular flexibility index (Phi) is 6.87. The largest absolute Gasteiger partial charge is 0.497 e. The molecular weight excluding hydrogens is 404 g/mol. The fourth-order valence-corrected chi connectivity index (χ4v) is 3.26. The number of aromatic nitrogens is 2. The van der Waals surface area contributed by atoms with Gasteiger partial charge in [0.25, 0.3) is 5.56 Å². The molecule has 8 nitrogen and oxygen atoms in total. The molecule has 9 heteroatoms. The predicted octanol–water partition coefficient (Wildman–Crippen LogP) is 3.13. The summed E-state index contributed by atoms with van der Waals surface area (Å²) in [5.74, 6) is 0.369. The Labute approximate surface area is 177 Å². The molecule has 0 fully saturated rings. The van der Waals surface area contributed by atoms with Gasteiger partial charge in [-0.25, -0.2) is 4.98 Å². The lowest BCUT2D eigenvalue weighted by Crippen LogP contribution is -2.15. The summed E-state index contributed by atoms with van der Waals surface area (Å²) in [6.45, 7) is 1.43. The minimum Gasteiger partial charge on any atom is -0.497 e. The predicted molar refractivity (Wildman–Crippen MR) is 117 cm³/mol. The number of rotatable bonds is 7. The first kappa shape index (κ1) is 21.1. The molecule has 0 radical (unpaired) electrons. The van der Waals surface area contributed by atoms with Crippen molar-refractivity contribution in [1.29, 1.82) is 0 Å². The van der Waals surface area contributed by atoms with E-state index in [-0.39, 0.29) is 23.1 Å². The number of hydrogen-bond donors (Lipinski definition) is 3. The van der Waals surface area contributed by atoms with Crippen LogP contribution in [0.3, 0.4) is 0 Å². The van der Waals surface area contributed by atoms with Gasteiger partial charge in [0.05, 0.1) is 18.6 Å². The highest BCUT2D eigenvalue weighted by Crippen LogP contribution is 2.22. The summed E-state index contributed by atoms with van der Waals surface area (Å²) in [4.78, 5) is 42.3. The van der Waals surface area contributed by atoms with Gasteiger partial charge in [0.2, 0.25) is 11.8 Å². The van der Waals surface area contributed by atoms with E-state index in [9.17, 15) is 14.4 Å². The summed E-state index contributed by atoms with van der Waals surface area (Å²) in [5.41, 5.74) is 2.23. The van der Waals surface area contributed by atoms with Crippen LogP contribution in [0.1, 0.15) is 6.92 Å². The van der Waals surface area contributed by atoms with Crippen LogP contribution in [-0.4, -0.2) is 34.6 Å². The fourth-order valence-electron chi connectivity index (χ4n) is 2.58. The maximum absolute atomic E-state index is 12.2. The number of ether oxygens (including phenoxy) is 1. The summed E-state index contributed by atoms with van der Waals surface area (Å²) in [6, 6.07) is 15.4. The second-order valence-corrected chi connectivity index (χ2v) is 7.22. The van der Waals surface area contributed by atoms with Crippen LogP contribution in [0.4, 0.5) is 11.4 Å². The van der Waals surface area contributed by atoms with Crippen LogP contribution >= 0.6 is 11.8 Å². The molecule has 30 heavy (non-hydrogen) atoms. The summed E-state index contributed by atoms with van der Waals surface area (Å²) in [6.07, 6.45) is 0. The SMILES string of the molecule is COc1ccc(-c2cc(=O)[nH]c(SCC(=O)Nc3ccc(NC(C)=O)cc3)n2)cc1. The smallest absolute Gasteiger partial charge is 0.252 e. The molecule has 3 aromatic rings. The van der Waals surface area contributed by atoms with Crippen LogP contribution in [-0.2, 0) is 9.59 Å². The van der Waals surface area contributed by atoms with Crippen LogP contribution in [0.5, 0.6) is 5.75 Å². The number of anilines is 2. The van der Waals surface area contributed by atoms with Crippen molar-refractivity contribution in [2.45, 2.75) is 12.1 Å². The number of carbonyl (C=O) groups is 2. The van der Waals surface area contributed by atoms with Crippen LogP contribution in [0.2, 0.25) is 0 Å². The minimum atomic E-state index is -0.299. The van der Waals surface area contributed by atoms with Gasteiger partial charge >= 0.3 is 0 Å². The van der Waals surface area contributed by atoms with E-state index < -0.39 is 0 Å². The van der Waals surface area contributed by atoms with Gasteiger partial charge in [-0.2, -0.15) is 0 Å². The van der Waals surface area contributed by atoms with Gasteiger partial charge in [0.15, 0.2) is 5.16 Å². The van der Waals surface area contributed by atoms with E-state index >= 15 is 0 Å². The van der Waals surface area contributed by atoms with Crippen molar-refractivity contribution in [3.63, 3.8) is 0 Å². The van der Waals surface area contributed by atoms with Crippen molar-refractivity contribution in [3.05, 3.63) is 65.0 Å². The number of nitrogens with zero attached hydrogens (tertiary/aromatic N) is 1. The van der Waals surface area contributed by atoms with Crippen LogP contribution in [0.25, 0.3) is 11.3 Å². The molecule has 2 aromatic carbocycles. The van der Waals surface area contributed by atoms with Crippen LogP contribution in [0, 0.1) is 0 Å². The lowest BCUT2D eigenvalue weighted by atomic mass is 10.1. The number of carbonyl (C=O) groups excluding carboxylic acids is 2. The highest BCUT2D eigenvalue weighted by Gasteiger charge is 2.09. The van der Waals surface area contributed by atoms with Gasteiger partial charge in [-0.05, 0) is 48.5 Å². The highest BCUT2D eigenvalue weighted by atomic mass is 32.2. The van der Waals surface area contributed by atoms with E-state index in [1.807, 2.05) is 12.1 Å². The molecule has 1 aromatic heterocycles. The first-order valence-electron chi connectivity index (χ1n) is 8.99. The molecular formula is C21H20N4O4S. The Hall–Kier alpha value is -3.59. The Balaban J connectivity index is 1.62. The lowest BCUT2D eigenvalue weighted by molar-refractivity contribution is -0.114. The van der Waals surface area contributed by atoms with Crippen molar-refractivity contribution < 1.29 is 14.3 Å². The van der Waals surface area contributed by atoms with Gasteiger partial charge in [0, 0.05) is 29.9 Å². The van der Waals surface area contributed by atoms with E-state index in [4.69, 9.17) is 4.74 Å². The third kappa shape index (κ3) is 5.95. The molecule has 0 atom stereocenters. The summed E-state index contributed by atoms with van der Waals surface area (Å²) < 4.78 is 5.13. The number of amides is 2. The van der Waals surface area contributed by atoms with Gasteiger partial charge in [-0.15, -0.1) is 0 Å². The number of methoxy groups -OCH3 is 1. The number of nitrogens with one attached hydrogen (secondary N) is 3. The maximum atomic E-state index is 12.2. The Morgan fingerprint density at radius 2 is 1.67 bits per heavy atom. The standard InChI is InChI=1S/C21H20N4O4S/c1-13(26)22-15-5-7-16(8-6-15)23-20(28)12-30-21-24-18(11-19(27)25-21)14-3-9-17(29-2)10-4-14/h3-11H,12H2,1-2H3,(H,22,26)(H,23,28)(H,24,25,27). The van der Waals surface area contributed by atoms with Crippen molar-refractivity contribution in [3.8, 4) is 17.0 Å². The van der Waals surface area contributed by atoms with Gasteiger partial charge in [-0.1, -0.05) is 11.8 Å². The maximum Gasteiger partial charge on any atom is 0.252 e. The van der Waals surface area contributed by atoms with Crippen molar-refractivity contribution >= 4 is 35.0 Å². The second kappa shape index (κ2) is 9.75. The summed E-state index contributed by atoms with van der Waals surface area (Å²) in [7, 11) is 1.58. The van der Waals surface area contributed by atoms with Crippen molar-refractivity contribution in [2.24, 2.45) is 0 Å². The van der Waals surface area contributed by atoms with E-state index in [1.165, 1.54) is 13.0 Å². The topological polar surface area (TPSA) is 113 Å². The average Bonchev–Trinajstić information content (AvgIpc) is 2.73. The Bertz CT molecular complexity index is 1100. The van der Waals surface area contributed by atoms with Crippen LogP contribution in [0.15, 0.2) is 64.5 Å². The molecule has 0 spiro atoms. The molecule has 0 aliphatic rings. The van der Waals surface area contributed by atoms with Gasteiger partial charge in [0.1, 0.15) is 5.75 Å². The molecule has 0 aliphatic heterocycles. The van der Waals surface area contributed by atoms with E-state index in [0.717, 1.165) is 17.3 Å². The molecule has 0 saturated heterocycles. The highest BCUT2D eigenvalue weighted by molar-refractivity contribution is 7.99. The molecule has 0 bridgehead atoms. The number of hydrogen-bond acceptors (Lipinski definition) is 6. The molecule has 154 valence electrons. The van der Waals surface area contributed by atoms with Gasteiger partial charge < -0.3 is 20.4 Å². The number of benzene rings is 2. The quantitative estimate of drug-likeness (QED) is 0.397. The third-order valence-electron chi connectivity index (χ3n) is 3.93. The zero-order valence-corrected chi connectivity index (χ0v) is 17.2. The molecule has 0 aliphatic carbocycles. The summed E-state index contributed by atoms with van der Waals surface area (Å²) >= 11 is 1.13. The first-order valence-corrected chi connectivity index (χ1v) is 9.97. The molecule has 1 heterocycles. The minimum absolute atomic E-state index is 0.0719. The zero-order valence-electron chi connectivity index (χ0n) is 16.4.